The van der Waals surface area contributed by atoms with Gasteiger partial charge in [-0.3, -0.25) is 4.90 Å². The molecule has 1 saturated heterocycles. The van der Waals surface area contributed by atoms with E-state index in [-0.39, 0.29) is 5.41 Å². The van der Waals surface area contributed by atoms with Gasteiger partial charge in [-0.2, -0.15) is 0 Å². The number of hydrogen-bond donors (Lipinski definition) is 2. The van der Waals surface area contributed by atoms with Crippen molar-refractivity contribution in [2.45, 2.75) is 38.3 Å². The maximum absolute atomic E-state index is 9.22. The SMILES string of the molecule is CC1(CO)CCN(C2CC(N)C2)C1. The lowest BCUT2D eigenvalue weighted by Gasteiger charge is -2.40. The van der Waals surface area contributed by atoms with E-state index in [4.69, 9.17) is 5.73 Å². The Bertz CT molecular complexity index is 191. The summed E-state index contributed by atoms with van der Waals surface area (Å²) in [4.78, 5) is 2.50. The summed E-state index contributed by atoms with van der Waals surface area (Å²) in [5.41, 5.74) is 5.91. The highest BCUT2D eigenvalue weighted by Crippen LogP contribution is 2.35. The van der Waals surface area contributed by atoms with Gasteiger partial charge in [0.1, 0.15) is 0 Å². The van der Waals surface area contributed by atoms with Crippen LogP contribution in [0.5, 0.6) is 0 Å². The van der Waals surface area contributed by atoms with E-state index >= 15 is 0 Å². The maximum Gasteiger partial charge on any atom is 0.0497 e. The molecule has 1 unspecified atom stereocenters. The molecule has 0 amide bonds. The van der Waals surface area contributed by atoms with Crippen molar-refractivity contribution in [1.29, 1.82) is 0 Å². The summed E-state index contributed by atoms with van der Waals surface area (Å²) in [6.45, 7) is 4.70. The van der Waals surface area contributed by atoms with Gasteiger partial charge in [0.15, 0.2) is 0 Å². The first-order chi connectivity index (χ1) is 6.13. The van der Waals surface area contributed by atoms with Crippen molar-refractivity contribution < 1.29 is 5.11 Å². The van der Waals surface area contributed by atoms with Crippen LogP contribution in [0.15, 0.2) is 0 Å². The normalized spacial score (nSPS) is 46.4. The molecular weight excluding hydrogens is 164 g/mol. The van der Waals surface area contributed by atoms with Crippen LogP contribution in [0.25, 0.3) is 0 Å². The lowest BCUT2D eigenvalue weighted by atomic mass is 9.86. The molecule has 3 N–H and O–H groups in total. The fourth-order valence-corrected chi connectivity index (χ4v) is 2.43. The van der Waals surface area contributed by atoms with Gasteiger partial charge in [0.2, 0.25) is 0 Å². The fourth-order valence-electron chi connectivity index (χ4n) is 2.43. The Morgan fingerprint density at radius 1 is 1.54 bits per heavy atom. The van der Waals surface area contributed by atoms with Crippen molar-refractivity contribution in [1.82, 2.24) is 4.90 Å². The third-order valence-corrected chi connectivity index (χ3v) is 3.64. The summed E-state index contributed by atoms with van der Waals surface area (Å²) in [5, 5.41) is 9.22. The number of nitrogens with zero attached hydrogens (tertiary/aromatic N) is 1. The molecule has 1 aliphatic carbocycles. The predicted octanol–water partition coefficient (Wildman–Crippen LogP) is 0.180. The van der Waals surface area contributed by atoms with E-state index in [1.807, 2.05) is 0 Å². The zero-order valence-corrected chi connectivity index (χ0v) is 8.37. The molecule has 1 heterocycles. The molecule has 76 valence electrons. The zero-order chi connectivity index (χ0) is 9.47. The second kappa shape index (κ2) is 3.23. The zero-order valence-electron chi connectivity index (χ0n) is 8.37. The molecule has 3 heteroatoms. The van der Waals surface area contributed by atoms with Gasteiger partial charge in [-0.25, -0.2) is 0 Å². The fraction of sp³-hybridized carbons (Fsp3) is 1.00. The van der Waals surface area contributed by atoms with Crippen LogP contribution in [0.1, 0.15) is 26.2 Å². The molecule has 0 spiro atoms. The highest BCUT2D eigenvalue weighted by Gasteiger charge is 2.40. The number of likely N-dealkylation sites (tertiary alicyclic amines) is 1. The first-order valence-electron chi connectivity index (χ1n) is 5.23. The summed E-state index contributed by atoms with van der Waals surface area (Å²) < 4.78 is 0. The Balaban J connectivity index is 1.85. The Hall–Kier alpha value is -0.120. The standard InChI is InChI=1S/C10H20N2O/c1-10(7-13)2-3-12(6-10)9-4-8(11)5-9/h8-9,13H,2-7,11H2,1H3. The molecule has 2 fully saturated rings. The molecule has 2 aliphatic rings. The number of aliphatic hydroxyl groups excluding tert-OH is 1. The largest absolute Gasteiger partial charge is 0.396 e. The van der Waals surface area contributed by atoms with Crippen LogP contribution >= 0.6 is 0 Å². The van der Waals surface area contributed by atoms with E-state index in [2.05, 4.69) is 11.8 Å². The Labute approximate surface area is 79.9 Å². The molecule has 1 saturated carbocycles. The van der Waals surface area contributed by atoms with Crippen molar-refractivity contribution in [3.8, 4) is 0 Å². The average molecular weight is 184 g/mol. The van der Waals surface area contributed by atoms with Crippen molar-refractivity contribution in [3.05, 3.63) is 0 Å². The predicted molar refractivity (Wildman–Crippen MR) is 52.4 cm³/mol. The Morgan fingerprint density at radius 2 is 2.23 bits per heavy atom. The van der Waals surface area contributed by atoms with Crippen LogP contribution in [-0.4, -0.2) is 41.8 Å². The summed E-state index contributed by atoms with van der Waals surface area (Å²) in [6.07, 6.45) is 3.44. The summed E-state index contributed by atoms with van der Waals surface area (Å²) >= 11 is 0. The van der Waals surface area contributed by atoms with Crippen LogP contribution < -0.4 is 5.73 Å². The number of nitrogens with two attached hydrogens (primary N) is 1. The van der Waals surface area contributed by atoms with E-state index in [9.17, 15) is 5.11 Å². The van der Waals surface area contributed by atoms with Gasteiger partial charge in [-0.15, -0.1) is 0 Å². The molecule has 0 aromatic heterocycles. The molecule has 13 heavy (non-hydrogen) atoms. The van der Waals surface area contributed by atoms with Gasteiger partial charge in [-0.1, -0.05) is 6.92 Å². The Kier molecular flexibility index (Phi) is 2.34. The van der Waals surface area contributed by atoms with Gasteiger partial charge < -0.3 is 10.8 Å². The molecule has 0 aromatic carbocycles. The molecule has 1 atom stereocenters. The molecule has 2 rings (SSSR count). The quantitative estimate of drug-likeness (QED) is 0.643. The molecule has 3 nitrogen and oxygen atoms in total. The van der Waals surface area contributed by atoms with E-state index in [0.29, 0.717) is 18.7 Å². The number of aliphatic hydroxyl groups is 1. The third-order valence-electron chi connectivity index (χ3n) is 3.64. The van der Waals surface area contributed by atoms with Crippen LogP contribution in [-0.2, 0) is 0 Å². The van der Waals surface area contributed by atoms with E-state index in [0.717, 1.165) is 32.4 Å². The van der Waals surface area contributed by atoms with Gasteiger partial charge in [0.05, 0.1) is 0 Å². The molecule has 1 aliphatic heterocycles. The lowest BCUT2D eigenvalue weighted by molar-refractivity contribution is 0.0998. The van der Waals surface area contributed by atoms with Crippen LogP contribution in [0.4, 0.5) is 0 Å². The third kappa shape index (κ3) is 1.73. The topological polar surface area (TPSA) is 49.5 Å². The van der Waals surface area contributed by atoms with Crippen LogP contribution in [0.3, 0.4) is 0 Å². The van der Waals surface area contributed by atoms with Gasteiger partial charge in [0.25, 0.3) is 0 Å². The second-order valence-electron chi connectivity index (χ2n) is 5.07. The highest BCUT2D eigenvalue weighted by atomic mass is 16.3. The van der Waals surface area contributed by atoms with Gasteiger partial charge in [-0.05, 0) is 25.8 Å². The molecule has 0 aromatic rings. The smallest absolute Gasteiger partial charge is 0.0497 e. The average Bonchev–Trinajstić information content (AvgIpc) is 2.43. The van der Waals surface area contributed by atoms with Crippen molar-refractivity contribution in [2.75, 3.05) is 19.7 Å². The van der Waals surface area contributed by atoms with Gasteiger partial charge in [0, 0.05) is 30.7 Å². The minimum absolute atomic E-state index is 0.152. The Morgan fingerprint density at radius 3 is 2.69 bits per heavy atom. The van der Waals surface area contributed by atoms with E-state index in [1.165, 1.54) is 0 Å². The first kappa shape index (κ1) is 9.44. The maximum atomic E-state index is 9.22. The van der Waals surface area contributed by atoms with Gasteiger partial charge >= 0.3 is 0 Å². The van der Waals surface area contributed by atoms with Crippen LogP contribution in [0, 0.1) is 5.41 Å². The summed E-state index contributed by atoms with van der Waals surface area (Å²) in [6, 6.07) is 1.15. The van der Waals surface area contributed by atoms with E-state index in [1.54, 1.807) is 0 Å². The van der Waals surface area contributed by atoms with Crippen molar-refractivity contribution in [2.24, 2.45) is 11.1 Å². The number of rotatable bonds is 2. The van der Waals surface area contributed by atoms with Crippen LogP contribution in [0.2, 0.25) is 0 Å². The van der Waals surface area contributed by atoms with E-state index < -0.39 is 0 Å². The minimum Gasteiger partial charge on any atom is -0.396 e. The summed E-state index contributed by atoms with van der Waals surface area (Å²) in [5.74, 6) is 0. The molecular formula is C10H20N2O. The number of hydrogen-bond acceptors (Lipinski definition) is 3. The monoisotopic (exact) mass is 184 g/mol. The summed E-state index contributed by atoms with van der Waals surface area (Å²) in [7, 11) is 0. The molecule has 0 radical (unpaired) electrons. The first-order valence-corrected chi connectivity index (χ1v) is 5.23. The second-order valence-corrected chi connectivity index (χ2v) is 5.07. The van der Waals surface area contributed by atoms with Crippen molar-refractivity contribution in [3.63, 3.8) is 0 Å². The highest BCUT2D eigenvalue weighted by molar-refractivity contribution is 4.95. The minimum atomic E-state index is 0.152. The lowest BCUT2D eigenvalue weighted by Crippen LogP contribution is -2.50. The van der Waals surface area contributed by atoms with Crippen molar-refractivity contribution >= 4 is 0 Å². The molecule has 0 bridgehead atoms.